The van der Waals surface area contributed by atoms with Gasteiger partial charge in [-0.3, -0.25) is 14.7 Å². The average Bonchev–Trinajstić information content (AvgIpc) is 3.00. The second-order valence-corrected chi connectivity index (χ2v) is 6.99. The van der Waals surface area contributed by atoms with E-state index in [-0.39, 0.29) is 5.91 Å². The van der Waals surface area contributed by atoms with Gasteiger partial charge in [-0.2, -0.15) is 0 Å². The SMILES string of the molecule is O=C(c1cccc(-c2cncnc2)c1)N1CCCN(Cc2ccncc2)CC1. The number of benzene rings is 1. The van der Waals surface area contributed by atoms with Crippen molar-refractivity contribution in [2.75, 3.05) is 26.2 Å². The molecular weight excluding hydrogens is 350 g/mol. The number of hydrogen-bond acceptors (Lipinski definition) is 5. The first kappa shape index (κ1) is 18.3. The van der Waals surface area contributed by atoms with Crippen LogP contribution in [0.1, 0.15) is 22.3 Å². The van der Waals surface area contributed by atoms with Crippen molar-refractivity contribution in [1.29, 1.82) is 0 Å². The van der Waals surface area contributed by atoms with E-state index in [1.165, 1.54) is 11.9 Å². The van der Waals surface area contributed by atoms with Gasteiger partial charge in [-0.15, -0.1) is 0 Å². The summed E-state index contributed by atoms with van der Waals surface area (Å²) < 4.78 is 0. The zero-order valence-electron chi connectivity index (χ0n) is 15.7. The highest BCUT2D eigenvalue weighted by atomic mass is 16.2. The second kappa shape index (κ2) is 8.71. The van der Waals surface area contributed by atoms with Crippen LogP contribution in [0.25, 0.3) is 11.1 Å². The monoisotopic (exact) mass is 373 g/mol. The Morgan fingerprint density at radius 3 is 2.54 bits per heavy atom. The molecule has 1 saturated heterocycles. The van der Waals surface area contributed by atoms with Gasteiger partial charge in [-0.25, -0.2) is 9.97 Å². The third kappa shape index (κ3) is 4.40. The van der Waals surface area contributed by atoms with Gasteiger partial charge in [0.1, 0.15) is 6.33 Å². The molecule has 142 valence electrons. The van der Waals surface area contributed by atoms with Crippen LogP contribution in [-0.2, 0) is 6.54 Å². The number of nitrogens with zero attached hydrogens (tertiary/aromatic N) is 5. The number of hydrogen-bond donors (Lipinski definition) is 0. The van der Waals surface area contributed by atoms with Crippen LogP contribution < -0.4 is 0 Å². The van der Waals surface area contributed by atoms with Crippen LogP contribution in [-0.4, -0.2) is 56.8 Å². The predicted octanol–water partition coefficient (Wildman–Crippen LogP) is 2.89. The molecule has 1 aliphatic rings. The molecule has 6 nitrogen and oxygen atoms in total. The summed E-state index contributed by atoms with van der Waals surface area (Å²) >= 11 is 0. The molecule has 0 aliphatic carbocycles. The van der Waals surface area contributed by atoms with Crippen molar-refractivity contribution in [3.05, 3.63) is 78.6 Å². The van der Waals surface area contributed by atoms with Gasteiger partial charge in [0, 0.05) is 68.6 Å². The highest BCUT2D eigenvalue weighted by Gasteiger charge is 2.20. The summed E-state index contributed by atoms with van der Waals surface area (Å²) in [5, 5.41) is 0. The summed E-state index contributed by atoms with van der Waals surface area (Å²) in [6.45, 7) is 4.29. The smallest absolute Gasteiger partial charge is 0.253 e. The molecule has 28 heavy (non-hydrogen) atoms. The molecule has 0 bridgehead atoms. The molecule has 1 aromatic carbocycles. The molecule has 1 aliphatic heterocycles. The van der Waals surface area contributed by atoms with E-state index in [4.69, 9.17) is 0 Å². The van der Waals surface area contributed by atoms with Crippen LogP contribution in [0.15, 0.2) is 67.5 Å². The van der Waals surface area contributed by atoms with E-state index in [9.17, 15) is 4.79 Å². The lowest BCUT2D eigenvalue weighted by molar-refractivity contribution is 0.0761. The molecular formula is C22H23N5O. The highest BCUT2D eigenvalue weighted by molar-refractivity contribution is 5.95. The molecule has 1 amide bonds. The lowest BCUT2D eigenvalue weighted by Gasteiger charge is -2.22. The molecule has 3 aromatic rings. The maximum Gasteiger partial charge on any atom is 0.253 e. The van der Waals surface area contributed by atoms with Gasteiger partial charge in [0.2, 0.25) is 0 Å². The zero-order chi connectivity index (χ0) is 19.2. The summed E-state index contributed by atoms with van der Waals surface area (Å²) in [6, 6.07) is 11.8. The van der Waals surface area contributed by atoms with Crippen molar-refractivity contribution in [1.82, 2.24) is 24.8 Å². The minimum absolute atomic E-state index is 0.0875. The van der Waals surface area contributed by atoms with E-state index >= 15 is 0 Å². The number of amides is 1. The van der Waals surface area contributed by atoms with Crippen LogP contribution in [0.3, 0.4) is 0 Å². The zero-order valence-corrected chi connectivity index (χ0v) is 15.7. The molecule has 1 fully saturated rings. The summed E-state index contributed by atoms with van der Waals surface area (Å²) in [7, 11) is 0. The van der Waals surface area contributed by atoms with Gasteiger partial charge in [0.05, 0.1) is 0 Å². The molecule has 2 aromatic heterocycles. The Morgan fingerprint density at radius 2 is 1.71 bits per heavy atom. The Hall–Kier alpha value is -3.12. The molecule has 4 rings (SSSR count). The average molecular weight is 373 g/mol. The van der Waals surface area contributed by atoms with Gasteiger partial charge in [-0.05, 0) is 41.8 Å². The Kier molecular flexibility index (Phi) is 5.68. The van der Waals surface area contributed by atoms with E-state index in [1.807, 2.05) is 53.7 Å². The lowest BCUT2D eigenvalue weighted by Crippen LogP contribution is -2.35. The van der Waals surface area contributed by atoms with Crippen molar-refractivity contribution in [2.24, 2.45) is 0 Å². The van der Waals surface area contributed by atoms with Crippen LogP contribution in [0.2, 0.25) is 0 Å². The van der Waals surface area contributed by atoms with E-state index in [1.54, 1.807) is 12.4 Å². The van der Waals surface area contributed by atoms with Crippen LogP contribution in [0.5, 0.6) is 0 Å². The topological polar surface area (TPSA) is 62.2 Å². The van der Waals surface area contributed by atoms with Crippen molar-refractivity contribution in [2.45, 2.75) is 13.0 Å². The number of pyridine rings is 1. The molecule has 0 spiro atoms. The third-order valence-corrected chi connectivity index (χ3v) is 5.03. The molecule has 3 heterocycles. The normalized spacial score (nSPS) is 15.2. The van der Waals surface area contributed by atoms with Gasteiger partial charge in [-0.1, -0.05) is 12.1 Å². The molecule has 0 atom stereocenters. The van der Waals surface area contributed by atoms with Gasteiger partial charge in [0.15, 0.2) is 0 Å². The maximum absolute atomic E-state index is 13.1. The summed E-state index contributed by atoms with van der Waals surface area (Å²) in [5.74, 6) is 0.0875. The largest absolute Gasteiger partial charge is 0.337 e. The van der Waals surface area contributed by atoms with Crippen molar-refractivity contribution in [3.8, 4) is 11.1 Å². The molecule has 0 unspecified atom stereocenters. The fraction of sp³-hybridized carbons (Fsp3) is 0.273. The summed E-state index contributed by atoms with van der Waals surface area (Å²) in [6.07, 6.45) is 9.66. The molecule has 6 heteroatoms. The summed E-state index contributed by atoms with van der Waals surface area (Å²) in [5.41, 5.74) is 3.84. The first-order chi connectivity index (χ1) is 13.8. The first-order valence-electron chi connectivity index (χ1n) is 9.55. The number of aromatic nitrogens is 3. The van der Waals surface area contributed by atoms with Gasteiger partial charge < -0.3 is 4.90 Å². The quantitative estimate of drug-likeness (QED) is 0.704. The Morgan fingerprint density at radius 1 is 0.893 bits per heavy atom. The van der Waals surface area contributed by atoms with Gasteiger partial charge >= 0.3 is 0 Å². The standard InChI is InChI=1S/C22H23N5O/c28-22(20-4-1-3-19(13-20)21-14-24-17-25-15-21)27-10-2-9-26(11-12-27)16-18-5-7-23-8-6-18/h1,3-8,13-15,17H,2,9-12,16H2. The first-order valence-corrected chi connectivity index (χ1v) is 9.55. The predicted molar refractivity (Wildman–Crippen MR) is 108 cm³/mol. The molecule has 0 N–H and O–H groups in total. The van der Waals surface area contributed by atoms with E-state index in [0.717, 1.165) is 50.3 Å². The van der Waals surface area contributed by atoms with E-state index < -0.39 is 0 Å². The maximum atomic E-state index is 13.1. The third-order valence-electron chi connectivity index (χ3n) is 5.03. The molecule has 0 radical (unpaired) electrons. The van der Waals surface area contributed by atoms with Crippen LogP contribution in [0, 0.1) is 0 Å². The second-order valence-electron chi connectivity index (χ2n) is 6.99. The highest BCUT2D eigenvalue weighted by Crippen LogP contribution is 2.20. The number of carbonyl (C=O) groups is 1. The van der Waals surface area contributed by atoms with E-state index in [2.05, 4.69) is 19.9 Å². The van der Waals surface area contributed by atoms with Crippen molar-refractivity contribution in [3.63, 3.8) is 0 Å². The van der Waals surface area contributed by atoms with Crippen molar-refractivity contribution >= 4 is 5.91 Å². The number of rotatable bonds is 4. The fourth-order valence-corrected chi connectivity index (χ4v) is 3.54. The minimum atomic E-state index is 0.0875. The van der Waals surface area contributed by atoms with E-state index in [0.29, 0.717) is 5.56 Å². The summed E-state index contributed by atoms with van der Waals surface area (Å²) in [4.78, 5) is 29.6. The molecule has 0 saturated carbocycles. The van der Waals surface area contributed by atoms with Crippen molar-refractivity contribution < 1.29 is 4.79 Å². The Bertz CT molecular complexity index is 916. The van der Waals surface area contributed by atoms with Crippen LogP contribution in [0.4, 0.5) is 0 Å². The lowest BCUT2D eigenvalue weighted by atomic mass is 10.1. The fourth-order valence-electron chi connectivity index (χ4n) is 3.54. The van der Waals surface area contributed by atoms with Gasteiger partial charge in [0.25, 0.3) is 5.91 Å². The Labute approximate surface area is 164 Å². The number of carbonyl (C=O) groups excluding carboxylic acids is 1. The Balaban J connectivity index is 1.43. The minimum Gasteiger partial charge on any atom is -0.337 e. The van der Waals surface area contributed by atoms with Crippen LogP contribution >= 0.6 is 0 Å².